The highest BCUT2D eigenvalue weighted by atomic mass is 16.5. The van der Waals surface area contributed by atoms with Crippen molar-refractivity contribution >= 4 is 5.97 Å². The fourth-order valence-corrected chi connectivity index (χ4v) is 1.63. The first-order chi connectivity index (χ1) is 8.65. The Labute approximate surface area is 107 Å². The molecule has 5 heteroatoms. The number of carboxylic acid groups (broad SMARTS) is 1. The largest absolute Gasteiger partial charge is 0.480 e. The molecule has 0 heterocycles. The van der Waals surface area contributed by atoms with Gasteiger partial charge in [-0.05, 0) is 11.1 Å². The van der Waals surface area contributed by atoms with Crippen molar-refractivity contribution < 1.29 is 19.7 Å². The van der Waals surface area contributed by atoms with Crippen molar-refractivity contribution in [2.75, 3.05) is 26.8 Å². The number of rotatable bonds is 8. The van der Waals surface area contributed by atoms with Crippen molar-refractivity contribution in [2.24, 2.45) is 0 Å². The molecule has 0 spiro atoms. The van der Waals surface area contributed by atoms with E-state index in [0.717, 1.165) is 11.1 Å². The van der Waals surface area contributed by atoms with Gasteiger partial charge in [-0.2, -0.15) is 0 Å². The maximum absolute atomic E-state index is 10.7. The Hall–Kier alpha value is -1.43. The number of benzene rings is 1. The molecule has 0 unspecified atom stereocenters. The second-order valence-electron chi connectivity index (χ2n) is 4.07. The highest BCUT2D eigenvalue weighted by molar-refractivity contribution is 5.69. The van der Waals surface area contributed by atoms with E-state index in [1.807, 2.05) is 24.3 Å². The minimum Gasteiger partial charge on any atom is -0.480 e. The Kier molecular flexibility index (Phi) is 6.35. The van der Waals surface area contributed by atoms with Gasteiger partial charge in [0.15, 0.2) is 0 Å². The van der Waals surface area contributed by atoms with Gasteiger partial charge in [-0.3, -0.25) is 9.69 Å². The Morgan fingerprint density at radius 2 is 1.89 bits per heavy atom. The first-order valence-electron chi connectivity index (χ1n) is 5.77. The van der Waals surface area contributed by atoms with Crippen molar-refractivity contribution in [1.29, 1.82) is 0 Å². The second-order valence-corrected chi connectivity index (χ2v) is 4.07. The first kappa shape index (κ1) is 14.6. The fourth-order valence-electron chi connectivity index (χ4n) is 1.63. The van der Waals surface area contributed by atoms with Gasteiger partial charge < -0.3 is 14.9 Å². The average molecular weight is 253 g/mol. The minimum atomic E-state index is -0.849. The van der Waals surface area contributed by atoms with E-state index >= 15 is 0 Å². The van der Waals surface area contributed by atoms with Gasteiger partial charge >= 0.3 is 5.97 Å². The van der Waals surface area contributed by atoms with Crippen LogP contribution >= 0.6 is 0 Å². The monoisotopic (exact) mass is 253 g/mol. The third-order valence-corrected chi connectivity index (χ3v) is 2.58. The molecule has 0 saturated carbocycles. The molecule has 18 heavy (non-hydrogen) atoms. The van der Waals surface area contributed by atoms with E-state index in [1.165, 1.54) is 0 Å². The molecule has 1 aromatic carbocycles. The van der Waals surface area contributed by atoms with Crippen molar-refractivity contribution in [3.63, 3.8) is 0 Å². The number of carboxylic acids is 1. The third-order valence-electron chi connectivity index (χ3n) is 2.58. The molecule has 0 atom stereocenters. The lowest BCUT2D eigenvalue weighted by molar-refractivity contribution is -0.138. The van der Waals surface area contributed by atoms with Crippen LogP contribution in [0, 0.1) is 0 Å². The molecule has 5 nitrogen and oxygen atoms in total. The van der Waals surface area contributed by atoms with Crippen LogP contribution in [0.1, 0.15) is 11.1 Å². The molecule has 1 aromatic rings. The summed E-state index contributed by atoms with van der Waals surface area (Å²) in [6.07, 6.45) is 0. The predicted octanol–water partition coefficient (Wildman–Crippen LogP) is 0.712. The number of hydrogen-bond acceptors (Lipinski definition) is 4. The Bertz CT molecular complexity index is 364. The average Bonchev–Trinajstić information content (AvgIpc) is 2.36. The van der Waals surface area contributed by atoms with E-state index in [4.69, 9.17) is 14.9 Å². The number of aliphatic carboxylic acids is 1. The molecule has 0 bridgehead atoms. The van der Waals surface area contributed by atoms with Crippen molar-refractivity contribution in [3.8, 4) is 0 Å². The number of carbonyl (C=O) groups is 1. The van der Waals surface area contributed by atoms with E-state index in [1.54, 1.807) is 12.0 Å². The zero-order chi connectivity index (χ0) is 13.4. The number of methoxy groups -OCH3 is 1. The van der Waals surface area contributed by atoms with Crippen molar-refractivity contribution in [2.45, 2.75) is 13.2 Å². The van der Waals surface area contributed by atoms with E-state index in [2.05, 4.69) is 0 Å². The number of aliphatic hydroxyl groups is 1. The van der Waals surface area contributed by atoms with Gasteiger partial charge in [0.2, 0.25) is 0 Å². The number of ether oxygens (including phenoxy) is 1. The van der Waals surface area contributed by atoms with E-state index in [-0.39, 0.29) is 13.2 Å². The normalized spacial score (nSPS) is 10.8. The van der Waals surface area contributed by atoms with Gasteiger partial charge in [0.1, 0.15) is 0 Å². The van der Waals surface area contributed by atoms with E-state index in [9.17, 15) is 4.79 Å². The zero-order valence-electron chi connectivity index (χ0n) is 10.5. The van der Waals surface area contributed by atoms with Crippen molar-refractivity contribution in [3.05, 3.63) is 35.4 Å². The Morgan fingerprint density at radius 1 is 1.28 bits per heavy atom. The summed E-state index contributed by atoms with van der Waals surface area (Å²) in [5.41, 5.74) is 1.87. The van der Waals surface area contributed by atoms with Gasteiger partial charge in [0.05, 0.1) is 19.8 Å². The molecular formula is C13H19NO4. The van der Waals surface area contributed by atoms with Gasteiger partial charge in [-0.1, -0.05) is 24.3 Å². The molecule has 0 aliphatic heterocycles. The Balaban J connectivity index is 2.59. The van der Waals surface area contributed by atoms with Crippen LogP contribution in [0.4, 0.5) is 0 Å². The molecule has 0 fully saturated rings. The van der Waals surface area contributed by atoms with Gasteiger partial charge in [-0.25, -0.2) is 0 Å². The van der Waals surface area contributed by atoms with Crippen LogP contribution in [0.5, 0.6) is 0 Å². The quantitative estimate of drug-likeness (QED) is 0.714. The summed E-state index contributed by atoms with van der Waals surface area (Å²) in [6.45, 7) is 1.64. The lowest BCUT2D eigenvalue weighted by atomic mass is 10.1. The van der Waals surface area contributed by atoms with E-state index in [0.29, 0.717) is 19.7 Å². The maximum Gasteiger partial charge on any atom is 0.317 e. The molecule has 100 valence electrons. The predicted molar refractivity (Wildman–Crippen MR) is 67.2 cm³/mol. The summed E-state index contributed by atoms with van der Waals surface area (Å²) in [5.74, 6) is -0.849. The first-order valence-corrected chi connectivity index (χ1v) is 5.77. The molecule has 2 N–H and O–H groups in total. The smallest absolute Gasteiger partial charge is 0.317 e. The molecule has 0 aliphatic carbocycles. The van der Waals surface area contributed by atoms with Crippen LogP contribution < -0.4 is 0 Å². The zero-order valence-corrected chi connectivity index (χ0v) is 10.5. The summed E-state index contributed by atoms with van der Waals surface area (Å²) in [7, 11) is 1.59. The molecular weight excluding hydrogens is 234 g/mol. The molecule has 0 saturated heterocycles. The SMILES string of the molecule is COCCN(CC(=O)O)Cc1ccc(CO)cc1. The van der Waals surface area contributed by atoms with Crippen LogP contribution in [0.25, 0.3) is 0 Å². The van der Waals surface area contributed by atoms with Crippen LogP contribution in [0.2, 0.25) is 0 Å². The van der Waals surface area contributed by atoms with Crippen LogP contribution in [-0.2, 0) is 22.7 Å². The number of nitrogens with zero attached hydrogens (tertiary/aromatic N) is 1. The molecule has 0 amide bonds. The van der Waals surface area contributed by atoms with Gasteiger partial charge in [-0.15, -0.1) is 0 Å². The summed E-state index contributed by atoms with van der Waals surface area (Å²) in [6, 6.07) is 7.47. The summed E-state index contributed by atoms with van der Waals surface area (Å²) in [5, 5.41) is 17.8. The highest BCUT2D eigenvalue weighted by Gasteiger charge is 2.10. The van der Waals surface area contributed by atoms with Crippen LogP contribution in [-0.4, -0.2) is 47.9 Å². The highest BCUT2D eigenvalue weighted by Crippen LogP contribution is 2.07. The molecule has 1 rings (SSSR count). The van der Waals surface area contributed by atoms with Gasteiger partial charge in [0.25, 0.3) is 0 Å². The number of hydrogen-bond donors (Lipinski definition) is 2. The lowest BCUT2D eigenvalue weighted by Crippen LogP contribution is -2.32. The summed E-state index contributed by atoms with van der Waals surface area (Å²) < 4.78 is 4.96. The van der Waals surface area contributed by atoms with Crippen LogP contribution in [0.3, 0.4) is 0 Å². The fraction of sp³-hybridized carbons (Fsp3) is 0.462. The number of aliphatic hydroxyl groups excluding tert-OH is 1. The lowest BCUT2D eigenvalue weighted by Gasteiger charge is -2.19. The van der Waals surface area contributed by atoms with Crippen LogP contribution in [0.15, 0.2) is 24.3 Å². The molecule has 0 aliphatic rings. The summed E-state index contributed by atoms with van der Waals surface area (Å²) in [4.78, 5) is 12.6. The van der Waals surface area contributed by atoms with Gasteiger partial charge in [0, 0.05) is 20.2 Å². The summed E-state index contributed by atoms with van der Waals surface area (Å²) >= 11 is 0. The van der Waals surface area contributed by atoms with Crippen molar-refractivity contribution in [1.82, 2.24) is 4.90 Å². The van der Waals surface area contributed by atoms with E-state index < -0.39 is 5.97 Å². The second kappa shape index (κ2) is 7.81. The minimum absolute atomic E-state index is 0.00882. The maximum atomic E-state index is 10.7. The third kappa shape index (κ3) is 5.27. The standard InChI is InChI=1S/C13H19NO4/c1-18-7-6-14(9-13(16)17)8-11-2-4-12(10-15)5-3-11/h2-5,15H,6-10H2,1H3,(H,16,17). The Morgan fingerprint density at radius 3 is 2.39 bits per heavy atom. The topological polar surface area (TPSA) is 70.0 Å². The molecule has 0 radical (unpaired) electrons. The molecule has 0 aromatic heterocycles.